The van der Waals surface area contributed by atoms with Gasteiger partial charge in [-0.2, -0.15) is 0 Å². The van der Waals surface area contributed by atoms with Crippen LogP contribution >= 0.6 is 27.3 Å². The average molecular weight is 312 g/mol. The smallest absolute Gasteiger partial charge is 0.0798 e. The molecule has 0 fully saturated rings. The summed E-state index contributed by atoms with van der Waals surface area (Å²) in [7, 11) is 2.06. The van der Waals surface area contributed by atoms with Gasteiger partial charge in [-0.1, -0.05) is 0 Å². The molecule has 0 unspecified atom stereocenters. The monoisotopic (exact) mass is 311 g/mol. The second kappa shape index (κ2) is 5.06. The van der Waals surface area contributed by atoms with Crippen molar-refractivity contribution < 1.29 is 0 Å². The zero-order valence-corrected chi connectivity index (χ0v) is 12.2. The van der Waals surface area contributed by atoms with Crippen LogP contribution in [0.3, 0.4) is 0 Å². The molecule has 0 spiro atoms. The van der Waals surface area contributed by atoms with Gasteiger partial charge in [-0.25, -0.2) is 4.98 Å². The van der Waals surface area contributed by atoms with Crippen LogP contribution in [-0.4, -0.2) is 12.0 Å². The van der Waals surface area contributed by atoms with Crippen LogP contribution in [0.4, 0.5) is 11.4 Å². The van der Waals surface area contributed by atoms with Gasteiger partial charge in [0.25, 0.3) is 0 Å². The van der Waals surface area contributed by atoms with Gasteiger partial charge in [-0.05, 0) is 41.1 Å². The van der Waals surface area contributed by atoms with E-state index in [1.54, 1.807) is 11.3 Å². The van der Waals surface area contributed by atoms with E-state index in [0.717, 1.165) is 28.1 Å². The molecule has 0 aliphatic rings. The molecule has 0 radical (unpaired) electrons. The van der Waals surface area contributed by atoms with E-state index in [4.69, 9.17) is 5.73 Å². The second-order valence-electron chi connectivity index (χ2n) is 3.93. The number of rotatable bonds is 3. The highest BCUT2D eigenvalue weighted by molar-refractivity contribution is 9.10. The molecule has 2 rings (SSSR count). The van der Waals surface area contributed by atoms with Crippen molar-refractivity contribution in [2.24, 2.45) is 0 Å². The Morgan fingerprint density at radius 3 is 2.82 bits per heavy atom. The van der Waals surface area contributed by atoms with Crippen LogP contribution in [0.15, 0.2) is 28.2 Å². The van der Waals surface area contributed by atoms with Gasteiger partial charge in [0.1, 0.15) is 0 Å². The Bertz CT molecular complexity index is 524. The Morgan fingerprint density at radius 1 is 1.47 bits per heavy atom. The van der Waals surface area contributed by atoms with E-state index in [0.29, 0.717) is 0 Å². The Labute approximate surface area is 113 Å². The van der Waals surface area contributed by atoms with E-state index in [1.807, 2.05) is 30.6 Å². The summed E-state index contributed by atoms with van der Waals surface area (Å²) in [5, 5.41) is 0. The lowest BCUT2D eigenvalue weighted by atomic mass is 10.2. The van der Waals surface area contributed by atoms with E-state index >= 15 is 0 Å². The first kappa shape index (κ1) is 12.4. The predicted octanol–water partition coefficient (Wildman–Crippen LogP) is 3.43. The average Bonchev–Trinajstić information content (AvgIpc) is 2.64. The van der Waals surface area contributed by atoms with Crippen molar-refractivity contribution in [1.82, 2.24) is 4.98 Å². The number of nitrogen functional groups attached to an aromatic ring is 1. The van der Waals surface area contributed by atoms with Crippen molar-refractivity contribution in [3.8, 4) is 0 Å². The normalized spacial score (nSPS) is 10.5. The quantitative estimate of drug-likeness (QED) is 0.883. The minimum Gasteiger partial charge on any atom is -0.399 e. The van der Waals surface area contributed by atoms with E-state index in [-0.39, 0.29) is 0 Å². The Hall–Kier alpha value is -1.07. The molecule has 3 nitrogen and oxygen atoms in total. The van der Waals surface area contributed by atoms with Gasteiger partial charge in [0.05, 0.1) is 23.4 Å². The van der Waals surface area contributed by atoms with Gasteiger partial charge in [0, 0.05) is 22.1 Å². The summed E-state index contributed by atoms with van der Waals surface area (Å²) in [5.41, 5.74) is 10.6. The Balaban J connectivity index is 2.20. The molecule has 2 aromatic rings. The largest absolute Gasteiger partial charge is 0.399 e. The molecule has 1 aromatic heterocycles. The van der Waals surface area contributed by atoms with Crippen molar-refractivity contribution in [1.29, 1.82) is 0 Å². The highest BCUT2D eigenvalue weighted by Crippen LogP contribution is 2.29. The van der Waals surface area contributed by atoms with E-state index < -0.39 is 0 Å². The summed E-state index contributed by atoms with van der Waals surface area (Å²) >= 11 is 5.23. The first-order valence-corrected chi connectivity index (χ1v) is 6.90. The van der Waals surface area contributed by atoms with Gasteiger partial charge in [0.2, 0.25) is 0 Å². The number of hydrogen-bond donors (Lipinski definition) is 1. The predicted molar refractivity (Wildman–Crippen MR) is 77.5 cm³/mol. The highest BCUT2D eigenvalue weighted by Gasteiger charge is 2.09. The summed E-state index contributed by atoms with van der Waals surface area (Å²) < 4.78 is 1.02. The lowest BCUT2D eigenvalue weighted by molar-refractivity contribution is 0.923. The van der Waals surface area contributed by atoms with Crippen LogP contribution < -0.4 is 10.6 Å². The first-order chi connectivity index (χ1) is 8.08. The zero-order chi connectivity index (χ0) is 12.4. The van der Waals surface area contributed by atoms with Crippen molar-refractivity contribution >= 4 is 38.6 Å². The topological polar surface area (TPSA) is 42.2 Å². The molecule has 0 atom stereocenters. The maximum absolute atomic E-state index is 5.73. The fourth-order valence-electron chi connectivity index (χ4n) is 1.61. The molecule has 0 saturated heterocycles. The summed E-state index contributed by atoms with van der Waals surface area (Å²) in [6.45, 7) is 2.90. The van der Waals surface area contributed by atoms with Crippen LogP contribution in [0.1, 0.15) is 10.6 Å². The lowest BCUT2D eigenvalue weighted by Gasteiger charge is -2.20. The number of anilines is 2. The number of benzene rings is 1. The Kier molecular flexibility index (Phi) is 3.69. The summed E-state index contributed by atoms with van der Waals surface area (Å²) in [6, 6.07) is 5.86. The molecule has 90 valence electrons. The molecule has 5 heteroatoms. The standard InChI is InChI=1S/C12H14BrN3S/c1-8-12(17-7-15-8)6-16(2)11-4-3-9(14)5-10(11)13/h3-5,7H,6,14H2,1-2H3. The van der Waals surface area contributed by atoms with Crippen LogP contribution in [-0.2, 0) is 6.54 Å². The number of aryl methyl sites for hydroxylation is 1. The minimum absolute atomic E-state index is 0.767. The summed E-state index contributed by atoms with van der Waals surface area (Å²) in [4.78, 5) is 7.73. The number of nitrogens with zero attached hydrogens (tertiary/aromatic N) is 2. The lowest BCUT2D eigenvalue weighted by Crippen LogP contribution is -2.16. The second-order valence-corrected chi connectivity index (χ2v) is 5.72. The highest BCUT2D eigenvalue weighted by atomic mass is 79.9. The van der Waals surface area contributed by atoms with Gasteiger partial charge in [-0.15, -0.1) is 11.3 Å². The van der Waals surface area contributed by atoms with Gasteiger partial charge in [0.15, 0.2) is 0 Å². The SMILES string of the molecule is Cc1ncsc1CN(C)c1ccc(N)cc1Br. The molecule has 17 heavy (non-hydrogen) atoms. The van der Waals surface area contributed by atoms with Crippen LogP contribution in [0.5, 0.6) is 0 Å². The maximum atomic E-state index is 5.73. The molecule has 1 aromatic carbocycles. The van der Waals surface area contributed by atoms with E-state index in [9.17, 15) is 0 Å². The zero-order valence-electron chi connectivity index (χ0n) is 9.77. The number of hydrogen-bond acceptors (Lipinski definition) is 4. The molecule has 0 amide bonds. The van der Waals surface area contributed by atoms with Gasteiger partial charge < -0.3 is 10.6 Å². The van der Waals surface area contributed by atoms with E-state index in [2.05, 4.69) is 32.9 Å². The molecule has 0 saturated carbocycles. The van der Waals surface area contributed by atoms with Gasteiger partial charge >= 0.3 is 0 Å². The number of nitrogens with two attached hydrogens (primary N) is 1. The van der Waals surface area contributed by atoms with Crippen molar-refractivity contribution in [2.45, 2.75) is 13.5 Å². The fraction of sp³-hybridized carbons (Fsp3) is 0.250. The maximum Gasteiger partial charge on any atom is 0.0798 e. The molecule has 0 aliphatic heterocycles. The minimum atomic E-state index is 0.767. The van der Waals surface area contributed by atoms with Crippen molar-refractivity contribution in [3.05, 3.63) is 38.8 Å². The third kappa shape index (κ3) is 2.79. The molecular formula is C12H14BrN3S. The van der Waals surface area contributed by atoms with Crippen LogP contribution in [0.2, 0.25) is 0 Å². The Morgan fingerprint density at radius 2 is 2.24 bits per heavy atom. The molecule has 1 heterocycles. The molecule has 0 bridgehead atoms. The number of halogens is 1. The summed E-state index contributed by atoms with van der Waals surface area (Å²) in [6.07, 6.45) is 0. The molecular weight excluding hydrogens is 298 g/mol. The van der Waals surface area contributed by atoms with Gasteiger partial charge in [-0.3, -0.25) is 0 Å². The molecule has 2 N–H and O–H groups in total. The van der Waals surface area contributed by atoms with Crippen LogP contribution in [0.25, 0.3) is 0 Å². The number of thiazole rings is 1. The third-order valence-corrected chi connectivity index (χ3v) is 4.16. The molecule has 0 aliphatic carbocycles. The van der Waals surface area contributed by atoms with Crippen molar-refractivity contribution in [3.63, 3.8) is 0 Å². The fourth-order valence-corrected chi connectivity index (χ4v) is 3.14. The third-order valence-electron chi connectivity index (χ3n) is 2.61. The first-order valence-electron chi connectivity index (χ1n) is 5.23. The summed E-state index contributed by atoms with van der Waals surface area (Å²) in [5.74, 6) is 0. The van der Waals surface area contributed by atoms with Crippen molar-refractivity contribution in [2.75, 3.05) is 17.7 Å². The number of aromatic nitrogens is 1. The van der Waals surface area contributed by atoms with Crippen LogP contribution in [0, 0.1) is 6.92 Å². The van der Waals surface area contributed by atoms with E-state index in [1.165, 1.54) is 4.88 Å².